The largest absolute Gasteiger partial charge is 0.447 e. The summed E-state index contributed by atoms with van der Waals surface area (Å²) in [5.41, 5.74) is 0.151. The molecule has 0 aliphatic carbocycles. The van der Waals surface area contributed by atoms with Gasteiger partial charge in [-0.3, -0.25) is 4.79 Å². The van der Waals surface area contributed by atoms with E-state index in [0.29, 0.717) is 17.8 Å². The second-order valence-corrected chi connectivity index (χ2v) is 4.83. The second kappa shape index (κ2) is 6.72. The Kier molecular flexibility index (Phi) is 4.92. The monoisotopic (exact) mass is 328 g/mol. The Morgan fingerprint density at radius 3 is 2.48 bits per heavy atom. The number of alkyl halides is 3. The Morgan fingerprint density at radius 1 is 1.35 bits per heavy atom. The molecule has 0 spiro atoms. The molecule has 5 nitrogen and oxygen atoms in total. The van der Waals surface area contributed by atoms with Crippen LogP contribution in [-0.2, 0) is 15.7 Å². The Morgan fingerprint density at radius 2 is 2.00 bits per heavy atom. The number of cyclic esters (lactones) is 1. The Labute approximate surface area is 130 Å². The van der Waals surface area contributed by atoms with Crippen LogP contribution in [0.2, 0.25) is 0 Å². The van der Waals surface area contributed by atoms with Crippen molar-refractivity contribution in [3.8, 4) is 0 Å². The highest BCUT2D eigenvalue weighted by Crippen LogP contribution is 2.30. The molecule has 0 unspecified atom stereocenters. The van der Waals surface area contributed by atoms with Crippen molar-refractivity contribution in [2.24, 2.45) is 0 Å². The zero-order valence-corrected chi connectivity index (χ0v) is 12.3. The molecule has 124 valence electrons. The normalized spacial score (nSPS) is 15.6. The fourth-order valence-corrected chi connectivity index (χ4v) is 1.98. The van der Waals surface area contributed by atoms with E-state index in [1.165, 1.54) is 18.2 Å². The van der Waals surface area contributed by atoms with Gasteiger partial charge in [0.1, 0.15) is 6.61 Å². The van der Waals surface area contributed by atoms with E-state index >= 15 is 0 Å². The molecular formula is C15H15F3N2O3. The maximum atomic E-state index is 12.5. The number of hydrogen-bond acceptors (Lipinski definition) is 4. The molecule has 23 heavy (non-hydrogen) atoms. The number of halogens is 3. The van der Waals surface area contributed by atoms with E-state index in [1.54, 1.807) is 6.92 Å². The number of amides is 2. The van der Waals surface area contributed by atoms with E-state index in [9.17, 15) is 22.8 Å². The summed E-state index contributed by atoms with van der Waals surface area (Å²) in [6.07, 6.45) is -3.41. The smallest absolute Gasteiger partial charge is 0.416 e. The number of benzene rings is 1. The summed E-state index contributed by atoms with van der Waals surface area (Å²) in [7, 11) is 0. The summed E-state index contributed by atoms with van der Waals surface area (Å²) in [4.78, 5) is 24.2. The molecule has 1 fully saturated rings. The minimum Gasteiger partial charge on any atom is -0.447 e. The van der Waals surface area contributed by atoms with Crippen molar-refractivity contribution in [2.75, 3.05) is 18.5 Å². The lowest BCUT2D eigenvalue weighted by atomic mass is 10.2. The molecule has 0 saturated carbocycles. The van der Waals surface area contributed by atoms with E-state index in [1.807, 2.05) is 0 Å². The van der Waals surface area contributed by atoms with Gasteiger partial charge in [0, 0.05) is 17.5 Å². The van der Waals surface area contributed by atoms with Crippen molar-refractivity contribution in [2.45, 2.75) is 19.5 Å². The number of hydrogen-bond donors (Lipinski definition) is 1. The van der Waals surface area contributed by atoms with Crippen LogP contribution in [0.25, 0.3) is 0 Å². The molecule has 2 rings (SSSR count). The molecule has 1 saturated heterocycles. The van der Waals surface area contributed by atoms with Crippen LogP contribution < -0.4 is 5.32 Å². The van der Waals surface area contributed by atoms with Crippen LogP contribution in [0.4, 0.5) is 23.7 Å². The fourth-order valence-electron chi connectivity index (χ4n) is 1.98. The van der Waals surface area contributed by atoms with Crippen LogP contribution >= 0.6 is 0 Å². The molecule has 1 heterocycles. The number of carbonyl (C=O) groups is 2. The van der Waals surface area contributed by atoms with Gasteiger partial charge in [0.15, 0.2) is 0 Å². The third-order valence-electron chi connectivity index (χ3n) is 3.22. The highest BCUT2D eigenvalue weighted by molar-refractivity contribution is 5.99. The molecule has 0 aromatic heterocycles. The number of ether oxygens (including phenoxy) is 1. The summed E-state index contributed by atoms with van der Waals surface area (Å²) >= 11 is 0. The molecule has 1 N–H and O–H groups in total. The first-order valence-corrected chi connectivity index (χ1v) is 6.94. The van der Waals surface area contributed by atoms with E-state index in [0.717, 1.165) is 17.0 Å². The van der Waals surface area contributed by atoms with Crippen molar-refractivity contribution in [3.05, 3.63) is 41.6 Å². The third-order valence-corrected chi connectivity index (χ3v) is 3.22. The summed E-state index contributed by atoms with van der Waals surface area (Å²) in [5, 5.41) is 2.87. The van der Waals surface area contributed by atoms with Crippen molar-refractivity contribution in [3.63, 3.8) is 0 Å². The molecule has 1 aliphatic heterocycles. The summed E-state index contributed by atoms with van der Waals surface area (Å²) in [6.45, 7) is 2.12. The van der Waals surface area contributed by atoms with Gasteiger partial charge in [-0.05, 0) is 30.7 Å². The quantitative estimate of drug-likeness (QED) is 0.861. The molecule has 8 heteroatoms. The lowest BCUT2D eigenvalue weighted by molar-refractivity contribution is -0.137. The van der Waals surface area contributed by atoms with Gasteiger partial charge in [-0.15, -0.1) is 0 Å². The molecule has 2 amide bonds. The minimum absolute atomic E-state index is 0.159. The molecule has 0 radical (unpaired) electrons. The number of anilines is 1. The van der Waals surface area contributed by atoms with Crippen molar-refractivity contribution in [1.82, 2.24) is 4.90 Å². The first-order valence-electron chi connectivity index (χ1n) is 6.94. The first-order chi connectivity index (χ1) is 10.8. The Balaban J connectivity index is 2.08. The molecule has 1 aromatic rings. The number of carbonyl (C=O) groups excluding carboxylic acids is 2. The van der Waals surface area contributed by atoms with E-state index in [-0.39, 0.29) is 13.2 Å². The van der Waals surface area contributed by atoms with Gasteiger partial charge < -0.3 is 10.1 Å². The van der Waals surface area contributed by atoms with Crippen LogP contribution in [-0.4, -0.2) is 30.1 Å². The van der Waals surface area contributed by atoms with Gasteiger partial charge in [0.05, 0.1) is 12.1 Å². The number of nitrogens with zero attached hydrogens (tertiary/aromatic N) is 1. The van der Waals surface area contributed by atoms with Gasteiger partial charge in [-0.2, -0.15) is 13.2 Å². The molecule has 0 bridgehead atoms. The lowest BCUT2D eigenvalue weighted by Crippen LogP contribution is -2.30. The topological polar surface area (TPSA) is 58.6 Å². The SMILES string of the molecule is CCC(=CC(=O)N1CCOC1=O)Nc1ccc(C(F)(F)F)cc1. The zero-order chi connectivity index (χ0) is 17.0. The maximum Gasteiger partial charge on any atom is 0.416 e. The van der Waals surface area contributed by atoms with Gasteiger partial charge in [0.25, 0.3) is 5.91 Å². The first kappa shape index (κ1) is 16.9. The Bertz CT molecular complexity index is 624. The van der Waals surface area contributed by atoms with Crippen LogP contribution in [0.3, 0.4) is 0 Å². The molecule has 1 aromatic carbocycles. The van der Waals surface area contributed by atoms with Gasteiger partial charge in [0.2, 0.25) is 0 Å². The van der Waals surface area contributed by atoms with Crippen LogP contribution in [0.15, 0.2) is 36.0 Å². The summed E-state index contributed by atoms with van der Waals surface area (Å²) in [5.74, 6) is -0.524. The third kappa shape index (κ3) is 4.24. The van der Waals surface area contributed by atoms with Gasteiger partial charge in [-0.1, -0.05) is 6.92 Å². The number of nitrogens with one attached hydrogen (secondary N) is 1. The number of allylic oxidation sites excluding steroid dienone is 1. The number of rotatable bonds is 4. The standard InChI is InChI=1S/C15H15F3N2O3/c1-2-11(9-13(21)20-7-8-23-14(20)22)19-12-5-3-10(4-6-12)15(16,17)18/h3-6,9,19H,2,7-8H2,1H3. The summed E-state index contributed by atoms with van der Waals surface area (Å²) < 4.78 is 42.2. The summed E-state index contributed by atoms with van der Waals surface area (Å²) in [6, 6.07) is 4.46. The van der Waals surface area contributed by atoms with Crippen molar-refractivity contribution < 1.29 is 27.5 Å². The number of imide groups is 1. The highest BCUT2D eigenvalue weighted by Gasteiger charge is 2.30. The maximum absolute atomic E-state index is 12.5. The van der Waals surface area contributed by atoms with Crippen LogP contribution in [0.5, 0.6) is 0 Å². The average molecular weight is 328 g/mol. The molecule has 0 atom stereocenters. The van der Waals surface area contributed by atoms with Gasteiger partial charge >= 0.3 is 12.3 Å². The van der Waals surface area contributed by atoms with E-state index in [4.69, 9.17) is 0 Å². The van der Waals surface area contributed by atoms with Crippen molar-refractivity contribution >= 4 is 17.7 Å². The van der Waals surface area contributed by atoms with Crippen LogP contribution in [0, 0.1) is 0 Å². The fraction of sp³-hybridized carbons (Fsp3) is 0.333. The highest BCUT2D eigenvalue weighted by atomic mass is 19.4. The average Bonchev–Trinajstić information content (AvgIpc) is 2.92. The predicted molar refractivity (Wildman–Crippen MR) is 76.5 cm³/mol. The molecular weight excluding hydrogens is 313 g/mol. The lowest BCUT2D eigenvalue weighted by Gasteiger charge is -2.13. The second-order valence-electron chi connectivity index (χ2n) is 4.83. The van der Waals surface area contributed by atoms with Crippen molar-refractivity contribution in [1.29, 1.82) is 0 Å². The van der Waals surface area contributed by atoms with E-state index < -0.39 is 23.7 Å². The Hall–Kier alpha value is -2.51. The van der Waals surface area contributed by atoms with Crippen LogP contribution in [0.1, 0.15) is 18.9 Å². The van der Waals surface area contributed by atoms with Gasteiger partial charge in [-0.25, -0.2) is 9.69 Å². The zero-order valence-electron chi connectivity index (χ0n) is 12.3. The van der Waals surface area contributed by atoms with E-state index in [2.05, 4.69) is 10.1 Å². The minimum atomic E-state index is -4.39. The molecule has 1 aliphatic rings. The predicted octanol–water partition coefficient (Wildman–Crippen LogP) is 3.39.